The van der Waals surface area contributed by atoms with Crippen molar-refractivity contribution < 1.29 is 4.92 Å². The summed E-state index contributed by atoms with van der Waals surface area (Å²) in [6, 6.07) is 3.26. The van der Waals surface area contributed by atoms with Crippen LogP contribution in [0, 0.1) is 17.0 Å². The molecular formula is C13H18ClN3O2. The molecule has 0 spiro atoms. The maximum atomic E-state index is 10.9. The highest BCUT2D eigenvalue weighted by atomic mass is 35.5. The minimum absolute atomic E-state index is 0.0316. The van der Waals surface area contributed by atoms with Crippen LogP contribution in [-0.4, -0.2) is 30.1 Å². The lowest BCUT2D eigenvalue weighted by Gasteiger charge is -2.45. The van der Waals surface area contributed by atoms with Crippen LogP contribution in [0.4, 0.5) is 11.4 Å². The maximum absolute atomic E-state index is 10.9. The molecule has 0 bridgehead atoms. The predicted molar refractivity (Wildman–Crippen MR) is 77.1 cm³/mol. The molecular weight excluding hydrogens is 266 g/mol. The summed E-state index contributed by atoms with van der Waals surface area (Å²) in [7, 11) is 0. The number of nitro groups is 1. The van der Waals surface area contributed by atoms with E-state index < -0.39 is 4.92 Å². The fourth-order valence-electron chi connectivity index (χ4n) is 2.52. The van der Waals surface area contributed by atoms with Crippen molar-refractivity contribution in [2.45, 2.75) is 26.3 Å². The zero-order valence-electron chi connectivity index (χ0n) is 11.4. The van der Waals surface area contributed by atoms with Crippen LogP contribution >= 0.6 is 11.6 Å². The van der Waals surface area contributed by atoms with Gasteiger partial charge in [0.15, 0.2) is 0 Å². The lowest BCUT2D eigenvalue weighted by atomic mass is 9.97. The number of nitrogens with one attached hydrogen (secondary N) is 1. The first kappa shape index (κ1) is 14.1. The Hall–Kier alpha value is -1.33. The number of rotatable bonds is 2. The summed E-state index contributed by atoms with van der Waals surface area (Å²) in [5.74, 6) is 0. The topological polar surface area (TPSA) is 58.4 Å². The lowest BCUT2D eigenvalue weighted by Crippen LogP contribution is -2.58. The van der Waals surface area contributed by atoms with Crippen molar-refractivity contribution in [1.82, 2.24) is 5.32 Å². The van der Waals surface area contributed by atoms with Gasteiger partial charge in [0.2, 0.25) is 0 Å². The summed E-state index contributed by atoms with van der Waals surface area (Å²) < 4.78 is 0. The smallest absolute Gasteiger partial charge is 0.288 e. The van der Waals surface area contributed by atoms with Gasteiger partial charge in [-0.3, -0.25) is 10.1 Å². The van der Waals surface area contributed by atoms with E-state index in [0.29, 0.717) is 0 Å². The van der Waals surface area contributed by atoms with Crippen LogP contribution in [-0.2, 0) is 0 Å². The molecule has 1 aliphatic heterocycles. The van der Waals surface area contributed by atoms with Gasteiger partial charge >= 0.3 is 0 Å². The van der Waals surface area contributed by atoms with E-state index >= 15 is 0 Å². The fourth-order valence-corrected chi connectivity index (χ4v) is 2.74. The van der Waals surface area contributed by atoms with E-state index in [-0.39, 0.29) is 16.2 Å². The molecule has 1 aliphatic rings. The van der Waals surface area contributed by atoms with Crippen molar-refractivity contribution in [2.75, 3.05) is 24.5 Å². The van der Waals surface area contributed by atoms with Gasteiger partial charge in [0.25, 0.3) is 5.69 Å². The molecule has 1 fully saturated rings. The zero-order valence-corrected chi connectivity index (χ0v) is 12.1. The quantitative estimate of drug-likeness (QED) is 0.670. The van der Waals surface area contributed by atoms with Crippen molar-refractivity contribution in [3.63, 3.8) is 0 Å². The van der Waals surface area contributed by atoms with Crippen molar-refractivity contribution in [1.29, 1.82) is 0 Å². The minimum Gasteiger partial charge on any atom is -0.364 e. The number of aryl methyl sites for hydroxylation is 1. The number of hydrogen-bond donors (Lipinski definition) is 1. The van der Waals surface area contributed by atoms with Crippen LogP contribution in [0.5, 0.6) is 0 Å². The van der Waals surface area contributed by atoms with Crippen LogP contribution in [0.25, 0.3) is 0 Å². The molecule has 19 heavy (non-hydrogen) atoms. The van der Waals surface area contributed by atoms with Gasteiger partial charge < -0.3 is 10.2 Å². The van der Waals surface area contributed by atoms with Gasteiger partial charge in [0, 0.05) is 36.9 Å². The van der Waals surface area contributed by atoms with Crippen molar-refractivity contribution in [2.24, 2.45) is 0 Å². The molecule has 0 atom stereocenters. The highest BCUT2D eigenvalue weighted by Crippen LogP contribution is 2.35. The van der Waals surface area contributed by atoms with E-state index in [4.69, 9.17) is 11.6 Å². The molecule has 6 heteroatoms. The number of hydrogen-bond acceptors (Lipinski definition) is 4. The molecule has 1 aromatic carbocycles. The SMILES string of the molecule is Cc1cc([N+](=O)[O-])c(Cl)cc1N1CCNCC1(C)C. The Morgan fingerprint density at radius 1 is 1.47 bits per heavy atom. The first-order valence-corrected chi connectivity index (χ1v) is 6.63. The minimum atomic E-state index is -0.442. The number of nitrogens with zero attached hydrogens (tertiary/aromatic N) is 2. The van der Waals surface area contributed by atoms with Crippen LogP contribution < -0.4 is 10.2 Å². The molecule has 0 radical (unpaired) electrons. The summed E-state index contributed by atoms with van der Waals surface area (Å²) in [4.78, 5) is 12.7. The average Bonchev–Trinajstić information content (AvgIpc) is 2.31. The molecule has 1 heterocycles. The van der Waals surface area contributed by atoms with E-state index in [1.54, 1.807) is 12.1 Å². The lowest BCUT2D eigenvalue weighted by molar-refractivity contribution is -0.384. The van der Waals surface area contributed by atoms with Gasteiger partial charge in [-0.2, -0.15) is 0 Å². The summed E-state index contributed by atoms with van der Waals surface area (Å²) in [5, 5.41) is 14.4. The largest absolute Gasteiger partial charge is 0.364 e. The highest BCUT2D eigenvalue weighted by Gasteiger charge is 2.31. The predicted octanol–water partition coefficient (Wildman–Crippen LogP) is 2.74. The van der Waals surface area contributed by atoms with Crippen LogP contribution in [0.15, 0.2) is 12.1 Å². The molecule has 0 aliphatic carbocycles. The van der Waals surface area contributed by atoms with E-state index in [2.05, 4.69) is 24.1 Å². The second-order valence-electron chi connectivity index (χ2n) is 5.49. The first-order chi connectivity index (χ1) is 8.83. The summed E-state index contributed by atoms with van der Waals surface area (Å²) in [5.41, 5.74) is 1.78. The van der Waals surface area contributed by atoms with Crippen molar-refractivity contribution in [3.8, 4) is 0 Å². The van der Waals surface area contributed by atoms with Gasteiger partial charge in [0.1, 0.15) is 5.02 Å². The molecule has 2 rings (SSSR count). The average molecular weight is 284 g/mol. The molecule has 0 amide bonds. The third kappa shape index (κ3) is 2.67. The normalized spacial score (nSPS) is 18.4. The summed E-state index contributed by atoms with van der Waals surface area (Å²) >= 11 is 6.02. The Morgan fingerprint density at radius 3 is 2.74 bits per heavy atom. The number of halogens is 1. The van der Waals surface area contributed by atoms with Gasteiger partial charge in [0.05, 0.1) is 4.92 Å². The summed E-state index contributed by atoms with van der Waals surface area (Å²) in [6.07, 6.45) is 0. The van der Waals surface area contributed by atoms with Crippen LogP contribution in [0.2, 0.25) is 5.02 Å². The number of nitro benzene ring substituents is 1. The van der Waals surface area contributed by atoms with Gasteiger partial charge in [-0.1, -0.05) is 11.6 Å². The van der Waals surface area contributed by atoms with E-state index in [1.807, 2.05) is 6.92 Å². The summed E-state index contributed by atoms with van der Waals surface area (Å²) in [6.45, 7) is 8.82. The standard InChI is InChI=1S/C13H18ClN3O2/c1-9-6-12(17(18)19)10(14)7-11(9)16-5-4-15-8-13(16,2)3/h6-7,15H,4-5,8H2,1-3H3. The van der Waals surface area contributed by atoms with Gasteiger partial charge in [-0.25, -0.2) is 0 Å². The number of anilines is 1. The molecule has 0 saturated carbocycles. The van der Waals surface area contributed by atoms with Crippen molar-refractivity contribution in [3.05, 3.63) is 32.8 Å². The zero-order chi connectivity index (χ0) is 14.2. The second kappa shape index (κ2) is 4.98. The Balaban J connectivity index is 2.45. The van der Waals surface area contributed by atoms with Crippen LogP contribution in [0.3, 0.4) is 0 Å². The third-order valence-electron chi connectivity index (χ3n) is 3.55. The van der Waals surface area contributed by atoms with E-state index in [9.17, 15) is 10.1 Å². The molecule has 1 N–H and O–H groups in total. The van der Waals surface area contributed by atoms with Crippen molar-refractivity contribution >= 4 is 23.0 Å². The number of benzene rings is 1. The molecule has 104 valence electrons. The Morgan fingerprint density at radius 2 is 2.16 bits per heavy atom. The van der Waals surface area contributed by atoms with Gasteiger partial charge in [-0.15, -0.1) is 0 Å². The number of piperazine rings is 1. The fraction of sp³-hybridized carbons (Fsp3) is 0.538. The Kier molecular flexibility index (Phi) is 3.69. The molecule has 0 unspecified atom stereocenters. The Labute approximate surface area is 117 Å². The van der Waals surface area contributed by atoms with Gasteiger partial charge in [-0.05, 0) is 32.4 Å². The monoisotopic (exact) mass is 283 g/mol. The molecule has 5 nitrogen and oxygen atoms in total. The second-order valence-corrected chi connectivity index (χ2v) is 5.90. The van der Waals surface area contributed by atoms with Crippen LogP contribution in [0.1, 0.15) is 19.4 Å². The molecule has 0 aromatic heterocycles. The van der Waals surface area contributed by atoms with E-state index in [1.165, 1.54) is 0 Å². The molecule has 1 aromatic rings. The Bertz CT molecular complexity index is 517. The highest BCUT2D eigenvalue weighted by molar-refractivity contribution is 6.33. The maximum Gasteiger partial charge on any atom is 0.288 e. The van der Waals surface area contributed by atoms with E-state index in [0.717, 1.165) is 30.9 Å². The third-order valence-corrected chi connectivity index (χ3v) is 3.86. The molecule has 1 saturated heterocycles. The first-order valence-electron chi connectivity index (χ1n) is 6.26.